The first-order valence-corrected chi connectivity index (χ1v) is 7.53. The van der Waals surface area contributed by atoms with Crippen LogP contribution in [-0.2, 0) is 4.79 Å². The Morgan fingerprint density at radius 1 is 1.45 bits per heavy atom. The van der Waals surface area contributed by atoms with Crippen LogP contribution in [0.5, 0.6) is 0 Å². The zero-order valence-electron chi connectivity index (χ0n) is 12.1. The fraction of sp³-hybridized carbons (Fsp3) is 0.846. The highest BCUT2D eigenvalue weighted by atomic mass is 16.1. The predicted octanol–water partition coefficient (Wildman–Crippen LogP) is 0.937. The lowest BCUT2D eigenvalue weighted by molar-refractivity contribution is -0.122. The first-order chi connectivity index (χ1) is 9.79. The predicted molar refractivity (Wildman–Crippen MR) is 74.8 cm³/mol. The minimum Gasteiger partial charge on any atom is -0.346 e. The van der Waals surface area contributed by atoms with Crippen LogP contribution in [0.15, 0.2) is 0 Å². The van der Waals surface area contributed by atoms with Crippen LogP contribution in [0.2, 0.25) is 0 Å². The molecule has 7 heteroatoms. The van der Waals surface area contributed by atoms with Crippen LogP contribution in [-0.4, -0.2) is 39.6 Å². The molecule has 1 fully saturated rings. The number of aromatic nitrogens is 4. The number of rotatable bonds is 7. The molecule has 1 atom stereocenters. The second kappa shape index (κ2) is 7.94. The maximum absolute atomic E-state index is 12.1. The molecule has 112 valence electrons. The number of aromatic amines is 1. The SMILES string of the molecule is CCCC(NC(=O)CCC1CCNCC1)c1nn[nH]n1. The van der Waals surface area contributed by atoms with Gasteiger partial charge in [-0.3, -0.25) is 4.79 Å². The summed E-state index contributed by atoms with van der Waals surface area (Å²) in [5, 5.41) is 20.3. The standard InChI is InChI=1S/C13H24N6O/c1-2-3-11(13-16-18-19-17-13)15-12(20)5-4-10-6-8-14-9-7-10/h10-11,14H,2-9H2,1H3,(H,15,20)(H,16,17,18,19). The Hall–Kier alpha value is -1.50. The van der Waals surface area contributed by atoms with Crippen LogP contribution in [0.4, 0.5) is 0 Å². The van der Waals surface area contributed by atoms with Gasteiger partial charge in [0.2, 0.25) is 5.91 Å². The van der Waals surface area contributed by atoms with Gasteiger partial charge < -0.3 is 10.6 Å². The van der Waals surface area contributed by atoms with Crippen molar-refractivity contribution in [2.45, 2.75) is 51.5 Å². The van der Waals surface area contributed by atoms with Gasteiger partial charge in [-0.25, -0.2) is 0 Å². The third kappa shape index (κ3) is 4.56. The fourth-order valence-corrected chi connectivity index (χ4v) is 2.64. The van der Waals surface area contributed by atoms with E-state index < -0.39 is 0 Å². The summed E-state index contributed by atoms with van der Waals surface area (Å²) in [6, 6.07) is -0.126. The molecule has 1 aliphatic heterocycles. The van der Waals surface area contributed by atoms with E-state index in [0.717, 1.165) is 32.4 Å². The lowest BCUT2D eigenvalue weighted by Gasteiger charge is -2.22. The van der Waals surface area contributed by atoms with Gasteiger partial charge in [0.05, 0.1) is 6.04 Å². The van der Waals surface area contributed by atoms with E-state index in [9.17, 15) is 4.79 Å². The van der Waals surface area contributed by atoms with E-state index in [0.29, 0.717) is 18.2 Å². The normalized spacial score (nSPS) is 17.9. The molecular weight excluding hydrogens is 256 g/mol. The number of nitrogens with one attached hydrogen (secondary N) is 3. The van der Waals surface area contributed by atoms with E-state index in [1.165, 1.54) is 12.8 Å². The lowest BCUT2D eigenvalue weighted by Crippen LogP contribution is -2.31. The van der Waals surface area contributed by atoms with Crippen molar-refractivity contribution in [3.63, 3.8) is 0 Å². The van der Waals surface area contributed by atoms with Crippen molar-refractivity contribution in [1.29, 1.82) is 0 Å². The van der Waals surface area contributed by atoms with E-state index >= 15 is 0 Å². The molecule has 0 bridgehead atoms. The number of nitrogens with zero attached hydrogens (tertiary/aromatic N) is 3. The number of amides is 1. The highest BCUT2D eigenvalue weighted by molar-refractivity contribution is 5.76. The van der Waals surface area contributed by atoms with Gasteiger partial charge in [0, 0.05) is 6.42 Å². The molecule has 3 N–H and O–H groups in total. The monoisotopic (exact) mass is 280 g/mol. The topological polar surface area (TPSA) is 95.6 Å². The third-order valence-corrected chi connectivity index (χ3v) is 3.82. The second-order valence-electron chi connectivity index (χ2n) is 5.41. The Bertz CT molecular complexity index is 388. The van der Waals surface area contributed by atoms with E-state index in [-0.39, 0.29) is 11.9 Å². The van der Waals surface area contributed by atoms with Gasteiger partial charge in [0.25, 0.3) is 0 Å². The van der Waals surface area contributed by atoms with E-state index in [2.05, 4.69) is 38.2 Å². The van der Waals surface area contributed by atoms with Crippen LogP contribution < -0.4 is 10.6 Å². The number of tetrazole rings is 1. The minimum atomic E-state index is -0.126. The summed E-state index contributed by atoms with van der Waals surface area (Å²) >= 11 is 0. The molecule has 0 radical (unpaired) electrons. The molecule has 0 aromatic carbocycles. The Morgan fingerprint density at radius 2 is 2.25 bits per heavy atom. The number of hydrogen-bond acceptors (Lipinski definition) is 5. The van der Waals surface area contributed by atoms with Gasteiger partial charge in [-0.05, 0) is 44.7 Å². The Kier molecular flexibility index (Phi) is 5.91. The van der Waals surface area contributed by atoms with Crippen LogP contribution in [0.25, 0.3) is 0 Å². The van der Waals surface area contributed by atoms with Crippen molar-refractivity contribution in [3.05, 3.63) is 5.82 Å². The molecule has 1 amide bonds. The van der Waals surface area contributed by atoms with Crippen LogP contribution >= 0.6 is 0 Å². The van der Waals surface area contributed by atoms with Crippen LogP contribution in [0.1, 0.15) is 57.3 Å². The summed E-state index contributed by atoms with van der Waals surface area (Å²) in [5.41, 5.74) is 0. The number of hydrogen-bond donors (Lipinski definition) is 3. The van der Waals surface area contributed by atoms with Crippen LogP contribution in [0, 0.1) is 5.92 Å². The summed E-state index contributed by atoms with van der Waals surface area (Å²) < 4.78 is 0. The average molecular weight is 280 g/mol. The van der Waals surface area contributed by atoms with E-state index in [1.807, 2.05) is 0 Å². The van der Waals surface area contributed by atoms with Crippen molar-refractivity contribution < 1.29 is 4.79 Å². The Morgan fingerprint density at radius 3 is 2.90 bits per heavy atom. The summed E-state index contributed by atoms with van der Waals surface area (Å²) in [7, 11) is 0. The van der Waals surface area contributed by atoms with Gasteiger partial charge in [-0.2, -0.15) is 5.21 Å². The van der Waals surface area contributed by atoms with Crippen LogP contribution in [0.3, 0.4) is 0 Å². The molecule has 1 aliphatic rings. The average Bonchev–Trinajstić information content (AvgIpc) is 3.00. The van der Waals surface area contributed by atoms with E-state index in [1.54, 1.807) is 0 Å². The molecule has 20 heavy (non-hydrogen) atoms. The van der Waals surface area contributed by atoms with Crippen molar-refractivity contribution in [1.82, 2.24) is 31.3 Å². The molecule has 1 aromatic rings. The second-order valence-corrected chi connectivity index (χ2v) is 5.41. The Balaban J connectivity index is 1.76. The Labute approximate surface area is 119 Å². The third-order valence-electron chi connectivity index (χ3n) is 3.82. The smallest absolute Gasteiger partial charge is 0.220 e. The first kappa shape index (κ1) is 14.9. The number of carbonyl (C=O) groups is 1. The maximum atomic E-state index is 12.1. The van der Waals surface area contributed by atoms with E-state index in [4.69, 9.17) is 0 Å². The summed E-state index contributed by atoms with van der Waals surface area (Å²) in [6.07, 6.45) is 5.71. The lowest BCUT2D eigenvalue weighted by atomic mass is 9.93. The molecule has 2 rings (SSSR count). The molecular formula is C13H24N6O. The summed E-state index contributed by atoms with van der Waals surface area (Å²) in [6.45, 7) is 4.23. The van der Waals surface area contributed by atoms with Gasteiger partial charge in [0.1, 0.15) is 0 Å². The molecule has 0 spiro atoms. The summed E-state index contributed by atoms with van der Waals surface area (Å²) in [5.74, 6) is 1.34. The van der Waals surface area contributed by atoms with Crippen molar-refractivity contribution in [2.75, 3.05) is 13.1 Å². The number of carbonyl (C=O) groups excluding carboxylic acids is 1. The first-order valence-electron chi connectivity index (χ1n) is 7.53. The van der Waals surface area contributed by atoms with Crippen molar-refractivity contribution >= 4 is 5.91 Å². The number of piperidine rings is 1. The van der Waals surface area contributed by atoms with Gasteiger partial charge >= 0.3 is 0 Å². The van der Waals surface area contributed by atoms with Crippen molar-refractivity contribution in [3.8, 4) is 0 Å². The zero-order chi connectivity index (χ0) is 14.2. The molecule has 0 saturated carbocycles. The largest absolute Gasteiger partial charge is 0.346 e. The highest BCUT2D eigenvalue weighted by Crippen LogP contribution is 2.18. The molecule has 1 saturated heterocycles. The minimum absolute atomic E-state index is 0.0896. The zero-order valence-corrected chi connectivity index (χ0v) is 12.1. The van der Waals surface area contributed by atoms with Gasteiger partial charge in [0.15, 0.2) is 5.82 Å². The maximum Gasteiger partial charge on any atom is 0.220 e. The fourth-order valence-electron chi connectivity index (χ4n) is 2.64. The number of H-pyrrole nitrogens is 1. The highest BCUT2D eigenvalue weighted by Gasteiger charge is 2.19. The van der Waals surface area contributed by atoms with Crippen molar-refractivity contribution in [2.24, 2.45) is 5.92 Å². The molecule has 7 nitrogen and oxygen atoms in total. The summed E-state index contributed by atoms with van der Waals surface area (Å²) in [4.78, 5) is 12.1. The molecule has 1 aromatic heterocycles. The van der Waals surface area contributed by atoms with Gasteiger partial charge in [-0.1, -0.05) is 18.6 Å². The molecule has 2 heterocycles. The molecule has 1 unspecified atom stereocenters. The van der Waals surface area contributed by atoms with Gasteiger partial charge in [-0.15, -0.1) is 10.2 Å². The quantitative estimate of drug-likeness (QED) is 0.691. The molecule has 0 aliphatic carbocycles.